The third kappa shape index (κ3) is 3.43. The summed E-state index contributed by atoms with van der Waals surface area (Å²) in [6, 6.07) is 2.21. The monoisotopic (exact) mass is 406 g/mol. The number of nitrogens with zero attached hydrogens (tertiary/aromatic N) is 8. The lowest BCUT2D eigenvalue weighted by Crippen LogP contribution is -2.44. The summed E-state index contributed by atoms with van der Waals surface area (Å²) in [5, 5.41) is 19.8. The molecule has 11 heteroatoms. The molecule has 0 aliphatic carbocycles. The van der Waals surface area contributed by atoms with Gasteiger partial charge < -0.3 is 20.0 Å². The molecular formula is C19H22N10O. The van der Waals surface area contributed by atoms with E-state index in [1.54, 1.807) is 12.4 Å². The fourth-order valence-corrected chi connectivity index (χ4v) is 3.53. The Morgan fingerprint density at radius 2 is 2.00 bits per heavy atom. The summed E-state index contributed by atoms with van der Waals surface area (Å²) in [4.78, 5) is 15.9. The fraction of sp³-hybridized carbons (Fsp3) is 0.368. The van der Waals surface area contributed by atoms with E-state index in [0.717, 1.165) is 42.9 Å². The second-order valence-corrected chi connectivity index (χ2v) is 7.35. The van der Waals surface area contributed by atoms with Gasteiger partial charge in [-0.1, -0.05) is 0 Å². The van der Waals surface area contributed by atoms with Crippen molar-refractivity contribution in [3.63, 3.8) is 0 Å². The number of hydrogen-bond donors (Lipinski definition) is 2. The van der Waals surface area contributed by atoms with Crippen LogP contribution in [-0.2, 0) is 0 Å². The van der Waals surface area contributed by atoms with Crippen LogP contribution in [0.1, 0.15) is 19.9 Å². The Bertz CT molecular complexity index is 1150. The number of fused-ring (bicyclic) bond motifs is 1. The van der Waals surface area contributed by atoms with E-state index in [1.165, 1.54) is 6.39 Å². The first-order chi connectivity index (χ1) is 14.7. The summed E-state index contributed by atoms with van der Waals surface area (Å²) in [6.45, 7) is 7.61. The molecule has 0 unspecified atom stereocenters. The smallest absolute Gasteiger partial charge is 0.252 e. The summed E-state index contributed by atoms with van der Waals surface area (Å²) < 4.78 is 7.36. The van der Waals surface area contributed by atoms with E-state index in [-0.39, 0.29) is 6.04 Å². The summed E-state index contributed by atoms with van der Waals surface area (Å²) in [6.07, 6.45) is 6.63. The van der Waals surface area contributed by atoms with E-state index in [0.29, 0.717) is 23.2 Å². The van der Waals surface area contributed by atoms with Crippen molar-refractivity contribution in [1.82, 2.24) is 40.2 Å². The molecular weight excluding hydrogens is 384 g/mol. The van der Waals surface area contributed by atoms with Gasteiger partial charge >= 0.3 is 0 Å². The topological polar surface area (TPSA) is 123 Å². The van der Waals surface area contributed by atoms with E-state index in [4.69, 9.17) is 9.40 Å². The highest BCUT2D eigenvalue weighted by atomic mass is 16.4. The van der Waals surface area contributed by atoms with Crippen LogP contribution in [0.4, 0.5) is 17.6 Å². The Labute approximate surface area is 172 Å². The van der Waals surface area contributed by atoms with Gasteiger partial charge in [-0.2, -0.15) is 10.1 Å². The molecule has 0 radical (unpaired) electrons. The van der Waals surface area contributed by atoms with Gasteiger partial charge in [-0.3, -0.25) is 4.68 Å². The minimum atomic E-state index is 0.252. The van der Waals surface area contributed by atoms with Gasteiger partial charge in [-0.25, -0.2) is 9.97 Å². The van der Waals surface area contributed by atoms with Crippen molar-refractivity contribution in [2.75, 3.05) is 36.4 Å². The molecule has 5 heterocycles. The van der Waals surface area contributed by atoms with Gasteiger partial charge in [0.1, 0.15) is 11.6 Å². The quantitative estimate of drug-likeness (QED) is 0.509. The van der Waals surface area contributed by atoms with Gasteiger partial charge in [-0.05, 0) is 13.8 Å². The van der Waals surface area contributed by atoms with Gasteiger partial charge in [0.25, 0.3) is 5.89 Å². The Morgan fingerprint density at radius 1 is 1.13 bits per heavy atom. The highest BCUT2D eigenvalue weighted by molar-refractivity contribution is 5.81. The molecule has 1 aliphatic rings. The average Bonchev–Trinajstić information content (AvgIpc) is 3.44. The van der Waals surface area contributed by atoms with Gasteiger partial charge in [0.05, 0.1) is 17.3 Å². The third-order valence-corrected chi connectivity index (χ3v) is 4.98. The number of pyridine rings is 1. The van der Waals surface area contributed by atoms with Crippen LogP contribution in [0.2, 0.25) is 0 Å². The molecule has 0 bridgehead atoms. The largest absolute Gasteiger partial charge is 0.423 e. The third-order valence-electron chi connectivity index (χ3n) is 4.98. The molecule has 5 rings (SSSR count). The van der Waals surface area contributed by atoms with Crippen LogP contribution >= 0.6 is 0 Å². The molecule has 1 aliphatic heterocycles. The number of aromatic nitrogens is 7. The molecule has 0 spiro atoms. The van der Waals surface area contributed by atoms with Crippen LogP contribution in [0.15, 0.2) is 35.5 Å². The van der Waals surface area contributed by atoms with Crippen molar-refractivity contribution in [3.05, 3.63) is 31.1 Å². The zero-order valence-corrected chi connectivity index (χ0v) is 16.8. The van der Waals surface area contributed by atoms with Crippen molar-refractivity contribution in [2.45, 2.75) is 19.9 Å². The zero-order chi connectivity index (χ0) is 20.5. The Hall–Kier alpha value is -3.60. The molecule has 2 N–H and O–H groups in total. The van der Waals surface area contributed by atoms with Crippen LogP contribution in [0.3, 0.4) is 0 Å². The van der Waals surface area contributed by atoms with Crippen LogP contribution in [0.5, 0.6) is 0 Å². The molecule has 154 valence electrons. The van der Waals surface area contributed by atoms with Gasteiger partial charge in [-0.15, -0.1) is 10.2 Å². The fourth-order valence-electron chi connectivity index (χ4n) is 3.53. The van der Waals surface area contributed by atoms with Crippen LogP contribution in [0, 0.1) is 0 Å². The van der Waals surface area contributed by atoms with E-state index in [9.17, 15) is 0 Å². The second-order valence-electron chi connectivity index (χ2n) is 7.35. The van der Waals surface area contributed by atoms with Crippen LogP contribution < -0.4 is 15.5 Å². The van der Waals surface area contributed by atoms with Gasteiger partial charge in [0.15, 0.2) is 0 Å². The first kappa shape index (κ1) is 18.4. The highest BCUT2D eigenvalue weighted by Gasteiger charge is 2.21. The summed E-state index contributed by atoms with van der Waals surface area (Å²) in [5.41, 5.74) is 1.72. The number of piperazine rings is 1. The highest BCUT2D eigenvalue weighted by Crippen LogP contribution is 2.29. The Balaban J connectivity index is 1.50. The lowest BCUT2D eigenvalue weighted by Gasteiger charge is -2.29. The van der Waals surface area contributed by atoms with Crippen molar-refractivity contribution < 1.29 is 4.42 Å². The normalized spacial score (nSPS) is 14.6. The van der Waals surface area contributed by atoms with E-state index < -0.39 is 0 Å². The molecule has 0 atom stereocenters. The number of rotatable bonds is 5. The van der Waals surface area contributed by atoms with Crippen LogP contribution in [0.25, 0.3) is 22.4 Å². The summed E-state index contributed by atoms with van der Waals surface area (Å²) in [5.74, 6) is 2.26. The van der Waals surface area contributed by atoms with Crippen molar-refractivity contribution in [3.8, 4) is 11.5 Å². The molecule has 0 amide bonds. The van der Waals surface area contributed by atoms with Crippen molar-refractivity contribution in [1.29, 1.82) is 0 Å². The Morgan fingerprint density at radius 3 is 2.77 bits per heavy atom. The van der Waals surface area contributed by atoms with Gasteiger partial charge in [0.2, 0.25) is 12.3 Å². The number of nitrogens with one attached hydrogen (secondary N) is 2. The number of anilines is 3. The number of hydrogen-bond acceptors (Lipinski definition) is 10. The predicted molar refractivity (Wildman–Crippen MR) is 112 cm³/mol. The SMILES string of the molecule is CC(C)n1ncc2cnc(Nc3ncc(-c4nnco4)c(N4CCNCC4)n3)cc21. The molecule has 4 aromatic heterocycles. The van der Waals surface area contributed by atoms with E-state index in [2.05, 4.69) is 54.6 Å². The second kappa shape index (κ2) is 7.67. The minimum Gasteiger partial charge on any atom is -0.423 e. The molecule has 0 aromatic carbocycles. The molecule has 4 aromatic rings. The van der Waals surface area contributed by atoms with E-state index >= 15 is 0 Å². The lowest BCUT2D eigenvalue weighted by atomic mass is 10.2. The molecule has 11 nitrogen and oxygen atoms in total. The lowest BCUT2D eigenvalue weighted by molar-refractivity contribution is 0.551. The first-order valence-corrected chi connectivity index (χ1v) is 9.88. The maximum atomic E-state index is 5.40. The maximum absolute atomic E-state index is 5.40. The average molecular weight is 406 g/mol. The standard InChI is InChI=1S/C19H22N10O/c1-12(2)29-15-7-16(21-8-13(15)9-24-29)25-19-22-10-14(18-27-23-11-30-18)17(26-19)28-5-3-20-4-6-28/h7-12,20H,3-6H2,1-2H3,(H,21,22,25,26). The van der Waals surface area contributed by atoms with Crippen LogP contribution in [-0.4, -0.2) is 61.1 Å². The molecule has 1 fully saturated rings. The molecule has 1 saturated heterocycles. The van der Waals surface area contributed by atoms with E-state index in [1.807, 2.05) is 16.9 Å². The van der Waals surface area contributed by atoms with Crippen molar-refractivity contribution in [2.24, 2.45) is 0 Å². The summed E-state index contributed by atoms with van der Waals surface area (Å²) >= 11 is 0. The van der Waals surface area contributed by atoms with Gasteiger partial charge in [0, 0.05) is 56.1 Å². The molecule has 30 heavy (non-hydrogen) atoms. The zero-order valence-electron chi connectivity index (χ0n) is 16.8. The first-order valence-electron chi connectivity index (χ1n) is 9.88. The van der Waals surface area contributed by atoms with Crippen molar-refractivity contribution >= 4 is 28.5 Å². The predicted octanol–water partition coefficient (Wildman–Crippen LogP) is 2.01. The summed E-state index contributed by atoms with van der Waals surface area (Å²) in [7, 11) is 0. The molecule has 0 saturated carbocycles. The minimum absolute atomic E-state index is 0.252. The Kier molecular flexibility index (Phi) is 4.71. The maximum Gasteiger partial charge on any atom is 0.252 e.